The second-order valence-electron chi connectivity index (χ2n) is 7.25. The number of benzene rings is 2. The van der Waals surface area contributed by atoms with Gasteiger partial charge < -0.3 is 10.1 Å². The van der Waals surface area contributed by atoms with E-state index < -0.39 is 6.04 Å². The molecule has 1 N–H and O–H groups in total. The number of methoxy groups -OCH3 is 1. The van der Waals surface area contributed by atoms with E-state index in [-0.39, 0.29) is 18.3 Å². The number of rotatable bonds is 7. The van der Waals surface area contributed by atoms with Crippen LogP contribution in [0.25, 0.3) is 0 Å². The van der Waals surface area contributed by atoms with E-state index in [1.165, 1.54) is 31.9 Å². The first-order chi connectivity index (χ1) is 13.7. The van der Waals surface area contributed by atoms with Gasteiger partial charge in [-0.05, 0) is 49.2 Å². The highest BCUT2D eigenvalue weighted by molar-refractivity contribution is 5.94. The Labute approximate surface area is 166 Å². The summed E-state index contributed by atoms with van der Waals surface area (Å²) in [5, 5.41) is 2.97. The van der Waals surface area contributed by atoms with E-state index in [9.17, 15) is 9.59 Å². The van der Waals surface area contributed by atoms with Gasteiger partial charge in [-0.25, -0.2) is 0 Å². The largest absolute Gasteiger partial charge is 0.469 e. The molecule has 1 atom stereocenters. The maximum absolute atomic E-state index is 12.7. The van der Waals surface area contributed by atoms with Gasteiger partial charge in [0.05, 0.1) is 19.6 Å². The maximum atomic E-state index is 12.7. The monoisotopic (exact) mass is 380 g/mol. The van der Waals surface area contributed by atoms with Crippen molar-refractivity contribution >= 4 is 11.9 Å². The van der Waals surface area contributed by atoms with Crippen LogP contribution in [0, 0.1) is 0 Å². The van der Waals surface area contributed by atoms with Crippen molar-refractivity contribution in [1.82, 2.24) is 10.2 Å². The van der Waals surface area contributed by atoms with Crippen molar-refractivity contribution in [2.24, 2.45) is 0 Å². The van der Waals surface area contributed by atoms with Crippen LogP contribution >= 0.6 is 0 Å². The fourth-order valence-electron chi connectivity index (χ4n) is 3.57. The fraction of sp³-hybridized carbons (Fsp3) is 0.391. The average Bonchev–Trinajstić information content (AvgIpc) is 2.75. The summed E-state index contributed by atoms with van der Waals surface area (Å²) in [6.45, 7) is 3.22. The van der Waals surface area contributed by atoms with Gasteiger partial charge in [0.25, 0.3) is 5.91 Å². The average molecular weight is 380 g/mol. The standard InChI is InChI=1S/C23H28N2O3/c1-28-22(26)16-21(19-8-4-2-5-9-19)24-23(27)20-12-10-18(11-13-20)17-25-14-6-3-7-15-25/h2,4-5,8-13,21H,3,6-7,14-17H2,1H3,(H,24,27)/t21-/m1/s1. The molecule has 0 radical (unpaired) electrons. The molecule has 2 aromatic rings. The number of esters is 1. The van der Waals surface area contributed by atoms with Gasteiger partial charge in [0, 0.05) is 12.1 Å². The van der Waals surface area contributed by atoms with E-state index in [1.807, 2.05) is 54.6 Å². The van der Waals surface area contributed by atoms with Crippen LogP contribution in [0.1, 0.15) is 53.2 Å². The zero-order valence-corrected chi connectivity index (χ0v) is 16.4. The molecule has 3 rings (SSSR count). The number of nitrogens with zero attached hydrogens (tertiary/aromatic N) is 1. The lowest BCUT2D eigenvalue weighted by Gasteiger charge is -2.26. The van der Waals surface area contributed by atoms with Crippen LogP contribution in [0.5, 0.6) is 0 Å². The van der Waals surface area contributed by atoms with Gasteiger partial charge in [-0.2, -0.15) is 0 Å². The summed E-state index contributed by atoms with van der Waals surface area (Å²) < 4.78 is 4.78. The van der Waals surface area contributed by atoms with E-state index in [0.717, 1.165) is 25.2 Å². The first-order valence-electron chi connectivity index (χ1n) is 9.89. The summed E-state index contributed by atoms with van der Waals surface area (Å²) in [6.07, 6.45) is 3.95. The Morgan fingerprint density at radius 3 is 2.32 bits per heavy atom. The second-order valence-corrected chi connectivity index (χ2v) is 7.25. The summed E-state index contributed by atoms with van der Waals surface area (Å²) in [5.41, 5.74) is 2.68. The summed E-state index contributed by atoms with van der Waals surface area (Å²) in [7, 11) is 1.35. The highest BCUT2D eigenvalue weighted by Crippen LogP contribution is 2.19. The molecular weight excluding hydrogens is 352 g/mol. The number of hydrogen-bond acceptors (Lipinski definition) is 4. The summed E-state index contributed by atoms with van der Waals surface area (Å²) in [4.78, 5) is 27.0. The van der Waals surface area contributed by atoms with Crippen LogP contribution in [-0.4, -0.2) is 37.0 Å². The molecule has 1 amide bonds. The molecule has 1 saturated heterocycles. The van der Waals surface area contributed by atoms with Crippen molar-refractivity contribution in [3.05, 3.63) is 71.3 Å². The third-order valence-electron chi connectivity index (χ3n) is 5.18. The van der Waals surface area contributed by atoms with Crippen LogP contribution in [-0.2, 0) is 16.1 Å². The number of carbonyl (C=O) groups excluding carboxylic acids is 2. The minimum Gasteiger partial charge on any atom is -0.469 e. The Bertz CT molecular complexity index is 768. The van der Waals surface area contributed by atoms with Crippen LogP contribution in [0.15, 0.2) is 54.6 Å². The highest BCUT2D eigenvalue weighted by atomic mass is 16.5. The third-order valence-corrected chi connectivity index (χ3v) is 5.18. The van der Waals surface area contributed by atoms with Crippen LogP contribution in [0.3, 0.4) is 0 Å². The van der Waals surface area contributed by atoms with E-state index in [4.69, 9.17) is 4.74 Å². The fourth-order valence-corrected chi connectivity index (χ4v) is 3.57. The van der Waals surface area contributed by atoms with Gasteiger partial charge in [0.15, 0.2) is 0 Å². The number of hydrogen-bond donors (Lipinski definition) is 1. The van der Waals surface area contributed by atoms with E-state index in [2.05, 4.69) is 10.2 Å². The van der Waals surface area contributed by atoms with Gasteiger partial charge >= 0.3 is 5.97 Å². The van der Waals surface area contributed by atoms with Gasteiger partial charge in [-0.1, -0.05) is 48.9 Å². The molecule has 1 heterocycles. The second kappa shape index (κ2) is 10.0. The molecule has 5 nitrogen and oxygen atoms in total. The zero-order chi connectivity index (χ0) is 19.8. The van der Waals surface area contributed by atoms with Crippen molar-refractivity contribution in [3.63, 3.8) is 0 Å². The summed E-state index contributed by atoms with van der Waals surface area (Å²) >= 11 is 0. The number of ether oxygens (including phenoxy) is 1. The molecule has 28 heavy (non-hydrogen) atoms. The predicted octanol–water partition coefficient (Wildman–Crippen LogP) is 3.71. The SMILES string of the molecule is COC(=O)C[C@@H](NC(=O)c1ccc(CN2CCCCC2)cc1)c1ccccc1. The molecule has 0 spiro atoms. The quantitative estimate of drug-likeness (QED) is 0.744. The molecule has 0 aliphatic carbocycles. The van der Waals surface area contributed by atoms with Crippen molar-refractivity contribution in [1.29, 1.82) is 0 Å². The maximum Gasteiger partial charge on any atom is 0.307 e. The van der Waals surface area contributed by atoms with Crippen LogP contribution < -0.4 is 5.32 Å². The van der Waals surface area contributed by atoms with E-state index in [0.29, 0.717) is 5.56 Å². The Kier molecular flexibility index (Phi) is 7.20. The van der Waals surface area contributed by atoms with Gasteiger partial charge in [-0.3, -0.25) is 14.5 Å². The lowest BCUT2D eigenvalue weighted by Crippen LogP contribution is -2.30. The Morgan fingerprint density at radius 2 is 1.68 bits per heavy atom. The molecule has 1 fully saturated rings. The minimum atomic E-state index is -0.422. The van der Waals surface area contributed by atoms with Gasteiger partial charge in [0.2, 0.25) is 0 Å². The smallest absolute Gasteiger partial charge is 0.307 e. The molecule has 1 aliphatic heterocycles. The Hall–Kier alpha value is -2.66. The van der Waals surface area contributed by atoms with E-state index in [1.54, 1.807) is 0 Å². The molecule has 148 valence electrons. The first-order valence-corrected chi connectivity index (χ1v) is 9.89. The third kappa shape index (κ3) is 5.67. The number of piperidine rings is 1. The lowest BCUT2D eigenvalue weighted by atomic mass is 10.0. The Morgan fingerprint density at radius 1 is 1.00 bits per heavy atom. The molecule has 0 bridgehead atoms. The van der Waals surface area contributed by atoms with Gasteiger partial charge in [0.1, 0.15) is 0 Å². The van der Waals surface area contributed by atoms with Crippen molar-refractivity contribution in [3.8, 4) is 0 Å². The van der Waals surface area contributed by atoms with E-state index >= 15 is 0 Å². The van der Waals surface area contributed by atoms with Crippen molar-refractivity contribution in [2.75, 3.05) is 20.2 Å². The molecule has 0 saturated carbocycles. The molecule has 1 aliphatic rings. The van der Waals surface area contributed by atoms with Crippen LogP contribution in [0.2, 0.25) is 0 Å². The topological polar surface area (TPSA) is 58.6 Å². The highest BCUT2D eigenvalue weighted by Gasteiger charge is 2.19. The number of nitrogens with one attached hydrogen (secondary N) is 1. The molecular formula is C23H28N2O3. The van der Waals surface area contributed by atoms with Crippen molar-refractivity contribution < 1.29 is 14.3 Å². The number of likely N-dealkylation sites (tertiary alicyclic amines) is 1. The van der Waals surface area contributed by atoms with Gasteiger partial charge in [-0.15, -0.1) is 0 Å². The first kappa shape index (κ1) is 20.1. The predicted molar refractivity (Wildman–Crippen MR) is 109 cm³/mol. The van der Waals surface area contributed by atoms with Crippen molar-refractivity contribution in [2.45, 2.75) is 38.3 Å². The molecule has 5 heteroatoms. The summed E-state index contributed by atoms with van der Waals surface area (Å²) in [6, 6.07) is 16.8. The summed E-state index contributed by atoms with van der Waals surface area (Å²) in [5.74, 6) is -0.548. The Balaban J connectivity index is 1.64. The zero-order valence-electron chi connectivity index (χ0n) is 16.4. The number of amides is 1. The normalized spacial score (nSPS) is 15.6. The number of carbonyl (C=O) groups is 2. The molecule has 2 aromatic carbocycles. The lowest BCUT2D eigenvalue weighted by molar-refractivity contribution is -0.141. The molecule has 0 unspecified atom stereocenters. The van der Waals surface area contributed by atoms with Crippen LogP contribution in [0.4, 0.5) is 0 Å². The molecule has 0 aromatic heterocycles. The minimum absolute atomic E-state index is 0.0965.